The van der Waals surface area contributed by atoms with E-state index >= 15 is 0 Å². The molecule has 27 heavy (non-hydrogen) atoms. The summed E-state index contributed by atoms with van der Waals surface area (Å²) in [6, 6.07) is 25.6. The van der Waals surface area contributed by atoms with Gasteiger partial charge in [0.25, 0.3) is 0 Å². The van der Waals surface area contributed by atoms with Crippen LogP contribution in [0.15, 0.2) is 78.9 Å². The minimum absolute atomic E-state index is 0.111. The van der Waals surface area contributed by atoms with Gasteiger partial charge in [-0.15, -0.1) is 0 Å². The molecule has 0 spiro atoms. The SMILES string of the molecule is Fc1ccc(N2CCNCC2)cc1NC(c1ccccc1)c1ccccc1. The van der Waals surface area contributed by atoms with E-state index in [2.05, 4.69) is 39.8 Å². The summed E-state index contributed by atoms with van der Waals surface area (Å²) in [5, 5.41) is 6.80. The first-order chi connectivity index (χ1) is 13.3. The molecule has 0 saturated carbocycles. The van der Waals surface area contributed by atoms with Crippen LogP contribution in [0.2, 0.25) is 0 Å². The maximum absolute atomic E-state index is 14.6. The second kappa shape index (κ2) is 8.23. The fraction of sp³-hybridized carbons (Fsp3) is 0.217. The molecule has 4 rings (SSSR count). The maximum Gasteiger partial charge on any atom is 0.146 e. The second-order valence-corrected chi connectivity index (χ2v) is 6.80. The van der Waals surface area contributed by atoms with Crippen LogP contribution in [0.3, 0.4) is 0 Å². The van der Waals surface area contributed by atoms with E-state index in [0.29, 0.717) is 5.69 Å². The Morgan fingerprint density at radius 2 is 1.41 bits per heavy atom. The van der Waals surface area contributed by atoms with Gasteiger partial charge in [-0.25, -0.2) is 4.39 Å². The molecule has 0 aromatic heterocycles. The van der Waals surface area contributed by atoms with Crippen molar-refractivity contribution in [2.75, 3.05) is 36.4 Å². The van der Waals surface area contributed by atoms with Crippen molar-refractivity contribution in [1.29, 1.82) is 0 Å². The van der Waals surface area contributed by atoms with Gasteiger partial charge in [0.15, 0.2) is 0 Å². The lowest BCUT2D eigenvalue weighted by Gasteiger charge is -2.30. The molecular weight excluding hydrogens is 337 g/mol. The van der Waals surface area contributed by atoms with Crippen LogP contribution in [0.4, 0.5) is 15.8 Å². The summed E-state index contributed by atoms with van der Waals surface area (Å²) in [7, 11) is 0. The molecule has 138 valence electrons. The summed E-state index contributed by atoms with van der Waals surface area (Å²) in [5.41, 5.74) is 3.80. The molecule has 0 atom stereocenters. The van der Waals surface area contributed by atoms with Crippen molar-refractivity contribution in [3.8, 4) is 0 Å². The predicted molar refractivity (Wildman–Crippen MR) is 110 cm³/mol. The molecule has 2 N–H and O–H groups in total. The van der Waals surface area contributed by atoms with Gasteiger partial charge in [0.1, 0.15) is 5.82 Å². The molecule has 1 aliphatic rings. The topological polar surface area (TPSA) is 27.3 Å². The zero-order valence-electron chi connectivity index (χ0n) is 15.2. The van der Waals surface area contributed by atoms with E-state index < -0.39 is 0 Å². The molecule has 1 fully saturated rings. The van der Waals surface area contributed by atoms with Crippen LogP contribution in [0.5, 0.6) is 0 Å². The zero-order valence-corrected chi connectivity index (χ0v) is 15.2. The number of anilines is 2. The van der Waals surface area contributed by atoms with Crippen LogP contribution in [-0.2, 0) is 0 Å². The molecule has 1 heterocycles. The first-order valence-electron chi connectivity index (χ1n) is 9.43. The molecule has 3 aromatic rings. The van der Waals surface area contributed by atoms with Gasteiger partial charge in [0, 0.05) is 31.9 Å². The molecule has 1 saturated heterocycles. The number of halogens is 1. The number of hydrogen-bond acceptors (Lipinski definition) is 3. The Labute approximate surface area is 159 Å². The predicted octanol–water partition coefficient (Wildman–Crippen LogP) is 4.44. The van der Waals surface area contributed by atoms with Gasteiger partial charge in [-0.05, 0) is 29.3 Å². The summed E-state index contributed by atoms with van der Waals surface area (Å²) in [6.07, 6.45) is 0. The number of piperazine rings is 1. The van der Waals surface area contributed by atoms with E-state index in [1.54, 1.807) is 6.07 Å². The van der Waals surface area contributed by atoms with Crippen LogP contribution in [0, 0.1) is 5.82 Å². The summed E-state index contributed by atoms with van der Waals surface area (Å²) in [5.74, 6) is -0.231. The Bertz CT molecular complexity index is 822. The van der Waals surface area contributed by atoms with Crippen LogP contribution >= 0.6 is 0 Å². The monoisotopic (exact) mass is 361 g/mol. The lowest BCUT2D eigenvalue weighted by atomic mass is 9.98. The Morgan fingerprint density at radius 1 is 0.815 bits per heavy atom. The third-order valence-corrected chi connectivity index (χ3v) is 5.00. The van der Waals surface area contributed by atoms with Crippen molar-refractivity contribution in [3.63, 3.8) is 0 Å². The Kier molecular flexibility index (Phi) is 5.35. The molecule has 3 nitrogen and oxygen atoms in total. The fourth-order valence-corrected chi connectivity index (χ4v) is 3.55. The molecular formula is C23H24FN3. The number of nitrogens with zero attached hydrogens (tertiary/aromatic N) is 1. The molecule has 0 unspecified atom stereocenters. The lowest BCUT2D eigenvalue weighted by Crippen LogP contribution is -2.43. The van der Waals surface area contributed by atoms with Gasteiger partial charge < -0.3 is 15.5 Å². The van der Waals surface area contributed by atoms with E-state index in [-0.39, 0.29) is 11.9 Å². The van der Waals surface area contributed by atoms with Crippen molar-refractivity contribution in [2.24, 2.45) is 0 Å². The molecule has 0 bridgehead atoms. The fourth-order valence-electron chi connectivity index (χ4n) is 3.55. The van der Waals surface area contributed by atoms with Crippen LogP contribution in [0.1, 0.15) is 17.2 Å². The first-order valence-corrected chi connectivity index (χ1v) is 9.43. The average molecular weight is 361 g/mol. The standard InChI is InChI=1S/C23H24FN3/c24-21-12-11-20(27-15-13-25-14-16-27)17-22(21)26-23(18-7-3-1-4-8-18)19-9-5-2-6-10-19/h1-12,17,23,25-26H,13-16H2. The van der Waals surface area contributed by atoms with Crippen LogP contribution < -0.4 is 15.5 Å². The van der Waals surface area contributed by atoms with E-state index in [1.165, 1.54) is 0 Å². The Hall–Kier alpha value is -2.85. The number of benzene rings is 3. The molecule has 0 amide bonds. The second-order valence-electron chi connectivity index (χ2n) is 6.80. The van der Waals surface area contributed by atoms with Crippen molar-refractivity contribution in [2.45, 2.75) is 6.04 Å². The van der Waals surface area contributed by atoms with Gasteiger partial charge in [0.2, 0.25) is 0 Å². The Morgan fingerprint density at radius 3 is 2.00 bits per heavy atom. The molecule has 0 radical (unpaired) electrons. The van der Waals surface area contributed by atoms with Crippen molar-refractivity contribution < 1.29 is 4.39 Å². The highest BCUT2D eigenvalue weighted by molar-refractivity contribution is 5.61. The lowest BCUT2D eigenvalue weighted by molar-refractivity contribution is 0.587. The first kappa shape index (κ1) is 17.6. The van der Waals surface area contributed by atoms with E-state index in [1.807, 2.05) is 48.5 Å². The molecule has 0 aliphatic carbocycles. The molecule has 1 aliphatic heterocycles. The summed E-state index contributed by atoms with van der Waals surface area (Å²) in [4.78, 5) is 2.29. The smallest absolute Gasteiger partial charge is 0.146 e. The summed E-state index contributed by atoms with van der Waals surface area (Å²) < 4.78 is 14.6. The van der Waals surface area contributed by atoms with Gasteiger partial charge >= 0.3 is 0 Å². The zero-order chi connectivity index (χ0) is 18.5. The molecule has 4 heteroatoms. The van der Waals surface area contributed by atoms with E-state index in [9.17, 15) is 4.39 Å². The van der Waals surface area contributed by atoms with E-state index in [0.717, 1.165) is 43.0 Å². The Balaban J connectivity index is 1.66. The summed E-state index contributed by atoms with van der Waals surface area (Å²) in [6.45, 7) is 3.78. The highest BCUT2D eigenvalue weighted by Crippen LogP contribution is 2.30. The maximum atomic E-state index is 14.6. The highest BCUT2D eigenvalue weighted by Gasteiger charge is 2.17. The van der Waals surface area contributed by atoms with Gasteiger partial charge in [0.05, 0.1) is 11.7 Å². The van der Waals surface area contributed by atoms with Gasteiger partial charge in [-0.3, -0.25) is 0 Å². The van der Waals surface area contributed by atoms with Crippen molar-refractivity contribution >= 4 is 11.4 Å². The number of nitrogens with one attached hydrogen (secondary N) is 2. The van der Waals surface area contributed by atoms with Gasteiger partial charge in [-0.1, -0.05) is 60.7 Å². The number of hydrogen-bond donors (Lipinski definition) is 2. The largest absolute Gasteiger partial charge is 0.372 e. The third kappa shape index (κ3) is 4.12. The molecule has 3 aromatic carbocycles. The van der Waals surface area contributed by atoms with Crippen LogP contribution in [-0.4, -0.2) is 26.2 Å². The van der Waals surface area contributed by atoms with Crippen molar-refractivity contribution in [3.05, 3.63) is 95.8 Å². The van der Waals surface area contributed by atoms with Crippen LogP contribution in [0.25, 0.3) is 0 Å². The van der Waals surface area contributed by atoms with Crippen molar-refractivity contribution in [1.82, 2.24) is 5.32 Å². The highest BCUT2D eigenvalue weighted by atomic mass is 19.1. The van der Waals surface area contributed by atoms with E-state index in [4.69, 9.17) is 0 Å². The minimum atomic E-state index is -0.231. The average Bonchev–Trinajstić information content (AvgIpc) is 2.75. The minimum Gasteiger partial charge on any atom is -0.372 e. The summed E-state index contributed by atoms with van der Waals surface area (Å²) >= 11 is 0. The normalized spacial score (nSPS) is 14.4. The quantitative estimate of drug-likeness (QED) is 0.704. The van der Waals surface area contributed by atoms with Gasteiger partial charge in [-0.2, -0.15) is 0 Å². The third-order valence-electron chi connectivity index (χ3n) is 5.00. The number of rotatable bonds is 5.